The highest BCUT2D eigenvalue weighted by atomic mass is 16.6. The average Bonchev–Trinajstić information content (AvgIpc) is 3.43. The van der Waals surface area contributed by atoms with E-state index in [0.29, 0.717) is 48.9 Å². The van der Waals surface area contributed by atoms with Crippen LogP contribution in [0.5, 0.6) is 17.2 Å². The van der Waals surface area contributed by atoms with E-state index in [-0.39, 0.29) is 12.0 Å². The number of ether oxygens (including phenoxy) is 4. The van der Waals surface area contributed by atoms with E-state index >= 15 is 0 Å². The number of aliphatic imine (C=N–C) groups is 2. The van der Waals surface area contributed by atoms with Gasteiger partial charge in [0.15, 0.2) is 11.5 Å². The van der Waals surface area contributed by atoms with Gasteiger partial charge in [0.2, 0.25) is 0 Å². The molecule has 46 heavy (non-hydrogen) atoms. The number of carbonyl (C=O) groups excluding carboxylic acids is 2. The molecule has 0 spiro atoms. The van der Waals surface area contributed by atoms with Gasteiger partial charge in [0.25, 0.3) is 0 Å². The number of methoxy groups -OCH3 is 1. The number of unbranched alkanes of at least 4 members (excludes halogenated alkanes) is 1. The van der Waals surface area contributed by atoms with Crippen molar-refractivity contribution in [2.24, 2.45) is 15.9 Å². The van der Waals surface area contributed by atoms with Gasteiger partial charge < -0.3 is 24.3 Å². The fourth-order valence-corrected chi connectivity index (χ4v) is 5.94. The SMILES string of the molecule is C=COC(=O)c1ccc(OC(=O)N2CCC3=C(NC4C=CC(C)=CC34)C2c2ccc(OCCCCN=CN=CC)c(OC)c2)cc1. The average molecular weight is 625 g/mol. The Morgan fingerprint density at radius 1 is 1.13 bits per heavy atom. The van der Waals surface area contributed by atoms with Gasteiger partial charge in [-0.05, 0) is 80.6 Å². The van der Waals surface area contributed by atoms with E-state index in [4.69, 9.17) is 18.9 Å². The predicted octanol–water partition coefficient (Wildman–Crippen LogP) is 6.58. The molecule has 10 heteroatoms. The number of amides is 1. The third kappa shape index (κ3) is 7.39. The Kier molecular flexibility index (Phi) is 10.7. The number of esters is 1. The maximum atomic E-state index is 13.8. The minimum atomic E-state index is -0.538. The Hall–Kier alpha value is -5.12. The van der Waals surface area contributed by atoms with Crippen molar-refractivity contribution in [1.29, 1.82) is 0 Å². The van der Waals surface area contributed by atoms with Crippen LogP contribution in [0.2, 0.25) is 0 Å². The zero-order chi connectivity index (χ0) is 32.5. The number of hydrogen-bond acceptors (Lipinski definition) is 8. The molecule has 0 saturated heterocycles. The zero-order valence-corrected chi connectivity index (χ0v) is 26.5. The minimum absolute atomic E-state index is 0.123. The molecule has 0 fully saturated rings. The van der Waals surface area contributed by atoms with Crippen molar-refractivity contribution >= 4 is 24.6 Å². The summed E-state index contributed by atoms with van der Waals surface area (Å²) >= 11 is 0. The van der Waals surface area contributed by atoms with Crippen molar-refractivity contribution < 1.29 is 28.5 Å². The van der Waals surface area contributed by atoms with Crippen LogP contribution in [0.25, 0.3) is 0 Å². The third-order valence-corrected chi connectivity index (χ3v) is 8.13. The molecule has 1 amide bonds. The van der Waals surface area contributed by atoms with Gasteiger partial charge in [-0.25, -0.2) is 14.6 Å². The standard InChI is InChI=1S/C36H40N4O6/c1-5-37-23-38-18-7-8-20-45-31-16-12-26(22-32(31)43-4)34-33-28(29-21-24(3)9-15-30(29)39-33)17-19-40(34)36(42)46-27-13-10-25(11-14-27)35(41)44-6-2/h5-6,9-16,21-23,29-30,34,39H,2,7-8,17-20H2,1,3-4H3. The van der Waals surface area contributed by atoms with Crippen molar-refractivity contribution in [2.75, 3.05) is 26.8 Å². The Balaban J connectivity index is 1.37. The summed E-state index contributed by atoms with van der Waals surface area (Å²) in [7, 11) is 1.61. The summed E-state index contributed by atoms with van der Waals surface area (Å²) in [6.45, 7) is 9.05. The van der Waals surface area contributed by atoms with E-state index in [9.17, 15) is 9.59 Å². The van der Waals surface area contributed by atoms with Crippen LogP contribution >= 0.6 is 0 Å². The Bertz CT molecular complexity index is 1590. The number of allylic oxidation sites excluding steroid dienone is 2. The van der Waals surface area contributed by atoms with E-state index in [1.165, 1.54) is 11.1 Å². The number of benzene rings is 2. The highest BCUT2D eigenvalue weighted by Gasteiger charge is 2.43. The van der Waals surface area contributed by atoms with Gasteiger partial charge in [-0.3, -0.25) is 9.89 Å². The normalized spacial score (nSPS) is 20.2. The quantitative estimate of drug-likeness (QED) is 0.0934. The van der Waals surface area contributed by atoms with E-state index in [1.807, 2.05) is 25.1 Å². The summed E-state index contributed by atoms with van der Waals surface area (Å²) in [5.41, 5.74) is 4.71. The lowest BCUT2D eigenvalue weighted by molar-refractivity contribution is 0.0664. The fourth-order valence-electron chi connectivity index (χ4n) is 5.94. The number of carbonyl (C=O) groups is 2. The van der Waals surface area contributed by atoms with Gasteiger partial charge in [0, 0.05) is 30.9 Å². The molecule has 0 radical (unpaired) electrons. The number of nitrogens with zero attached hydrogens (tertiary/aromatic N) is 3. The molecule has 0 saturated carbocycles. The molecule has 2 aromatic rings. The molecule has 2 heterocycles. The summed E-state index contributed by atoms with van der Waals surface area (Å²) < 4.78 is 22.5. The summed E-state index contributed by atoms with van der Waals surface area (Å²) in [5.74, 6) is 1.23. The van der Waals surface area contributed by atoms with Gasteiger partial charge >= 0.3 is 12.1 Å². The molecule has 10 nitrogen and oxygen atoms in total. The highest BCUT2D eigenvalue weighted by molar-refractivity contribution is 5.90. The molecule has 3 aliphatic rings. The van der Waals surface area contributed by atoms with Crippen molar-refractivity contribution in [3.63, 3.8) is 0 Å². The Morgan fingerprint density at radius 3 is 2.72 bits per heavy atom. The molecule has 0 aromatic heterocycles. The second kappa shape index (κ2) is 15.2. The van der Waals surface area contributed by atoms with Gasteiger partial charge in [-0.15, -0.1) is 0 Å². The summed E-state index contributed by atoms with van der Waals surface area (Å²) in [5, 5.41) is 3.71. The number of nitrogens with one attached hydrogen (secondary N) is 1. The second-order valence-corrected chi connectivity index (χ2v) is 11.1. The largest absolute Gasteiger partial charge is 0.493 e. The molecular weight excluding hydrogens is 584 g/mol. The Morgan fingerprint density at radius 2 is 1.96 bits per heavy atom. The maximum Gasteiger partial charge on any atom is 0.416 e. The number of hydrogen-bond donors (Lipinski definition) is 1. The molecule has 1 N–H and O–H groups in total. The number of fused-ring (bicyclic) bond motifs is 2. The van der Waals surface area contributed by atoms with Crippen LogP contribution in [-0.4, -0.2) is 62.4 Å². The van der Waals surface area contributed by atoms with Crippen LogP contribution in [0.3, 0.4) is 0 Å². The van der Waals surface area contributed by atoms with Crippen LogP contribution in [0.1, 0.15) is 55.1 Å². The highest BCUT2D eigenvalue weighted by Crippen LogP contribution is 2.45. The van der Waals surface area contributed by atoms with Crippen LogP contribution in [-0.2, 0) is 4.74 Å². The third-order valence-electron chi connectivity index (χ3n) is 8.13. The van der Waals surface area contributed by atoms with Gasteiger partial charge in [-0.1, -0.05) is 36.4 Å². The van der Waals surface area contributed by atoms with Crippen molar-refractivity contribution in [3.8, 4) is 17.2 Å². The minimum Gasteiger partial charge on any atom is -0.493 e. The van der Waals surface area contributed by atoms with Crippen LogP contribution < -0.4 is 19.5 Å². The first-order chi connectivity index (χ1) is 22.4. The van der Waals surface area contributed by atoms with Gasteiger partial charge in [-0.2, -0.15) is 0 Å². The first kappa shape index (κ1) is 32.3. The molecule has 2 aliphatic heterocycles. The van der Waals surface area contributed by atoms with E-state index in [1.54, 1.807) is 48.8 Å². The molecule has 2 aromatic carbocycles. The zero-order valence-electron chi connectivity index (χ0n) is 26.5. The van der Waals surface area contributed by atoms with Gasteiger partial charge in [0.1, 0.15) is 18.1 Å². The lowest BCUT2D eigenvalue weighted by Gasteiger charge is -2.37. The topological polar surface area (TPSA) is 111 Å². The van der Waals surface area contributed by atoms with Crippen LogP contribution in [0.15, 0.2) is 100 Å². The lowest BCUT2D eigenvalue weighted by atomic mass is 9.84. The van der Waals surface area contributed by atoms with E-state index in [2.05, 4.69) is 47.0 Å². The second-order valence-electron chi connectivity index (χ2n) is 11.1. The monoisotopic (exact) mass is 624 g/mol. The first-order valence-corrected chi connectivity index (χ1v) is 15.5. The first-order valence-electron chi connectivity index (χ1n) is 15.5. The molecule has 5 rings (SSSR count). The van der Waals surface area contributed by atoms with Crippen LogP contribution in [0, 0.1) is 5.92 Å². The van der Waals surface area contributed by atoms with Crippen molar-refractivity contribution in [2.45, 2.75) is 45.2 Å². The van der Waals surface area contributed by atoms with Crippen LogP contribution in [0.4, 0.5) is 4.79 Å². The molecule has 3 unspecified atom stereocenters. The predicted molar refractivity (Wildman–Crippen MR) is 178 cm³/mol. The molecular formula is C36H40N4O6. The molecule has 0 bridgehead atoms. The maximum absolute atomic E-state index is 13.8. The molecule has 3 atom stereocenters. The van der Waals surface area contributed by atoms with Crippen molar-refractivity contribution in [1.82, 2.24) is 10.2 Å². The number of rotatable bonds is 12. The van der Waals surface area contributed by atoms with E-state index in [0.717, 1.165) is 30.4 Å². The molecule has 1 aliphatic carbocycles. The lowest BCUT2D eigenvalue weighted by Crippen LogP contribution is -2.43. The summed E-state index contributed by atoms with van der Waals surface area (Å²) in [4.78, 5) is 35.7. The van der Waals surface area contributed by atoms with E-state index < -0.39 is 18.1 Å². The summed E-state index contributed by atoms with van der Waals surface area (Å²) in [6, 6.07) is 11.7. The van der Waals surface area contributed by atoms with Gasteiger partial charge in [0.05, 0.1) is 31.6 Å². The van der Waals surface area contributed by atoms with Crippen molar-refractivity contribution in [3.05, 3.63) is 102 Å². The Labute approximate surface area is 269 Å². The molecule has 240 valence electrons. The smallest absolute Gasteiger partial charge is 0.416 e. The summed E-state index contributed by atoms with van der Waals surface area (Å²) in [6.07, 6.45) is 12.9. The fraction of sp³-hybridized carbons (Fsp3) is 0.333.